The van der Waals surface area contributed by atoms with Crippen LogP contribution < -0.4 is 5.32 Å². The summed E-state index contributed by atoms with van der Waals surface area (Å²) in [6, 6.07) is 3.61. The number of hydrogen-bond donors (Lipinski definition) is 2. The number of amides is 1. The van der Waals surface area contributed by atoms with Crippen LogP contribution in [-0.4, -0.2) is 17.0 Å². The first-order valence-corrected chi connectivity index (χ1v) is 6.11. The van der Waals surface area contributed by atoms with Crippen molar-refractivity contribution in [3.05, 3.63) is 29.0 Å². The van der Waals surface area contributed by atoms with Crippen molar-refractivity contribution in [1.29, 1.82) is 0 Å². The number of nitrogens with one attached hydrogen (secondary N) is 1. The molecule has 2 unspecified atom stereocenters. The van der Waals surface area contributed by atoms with Gasteiger partial charge >= 0.3 is 5.97 Å². The van der Waals surface area contributed by atoms with Crippen molar-refractivity contribution in [2.45, 2.75) is 13.8 Å². The number of aliphatic carboxylic acids is 1. The van der Waals surface area contributed by atoms with Gasteiger partial charge in [0.2, 0.25) is 5.91 Å². The number of rotatable bonds is 3. The zero-order valence-electron chi connectivity index (χ0n) is 10.4. The summed E-state index contributed by atoms with van der Waals surface area (Å²) in [5.74, 6) is -3.34. The molecule has 4 nitrogen and oxygen atoms in total. The topological polar surface area (TPSA) is 66.4 Å². The molecule has 1 amide bonds. The summed E-state index contributed by atoms with van der Waals surface area (Å²) in [5.41, 5.74) is -0.450. The Morgan fingerprint density at radius 2 is 2.00 bits per heavy atom. The van der Waals surface area contributed by atoms with Gasteiger partial charge in [-0.1, -0.05) is 25.4 Å². The normalized spacial score (nSPS) is 23.8. The minimum atomic E-state index is -1.00. The molecule has 0 heterocycles. The maximum Gasteiger partial charge on any atom is 0.307 e. The lowest BCUT2D eigenvalue weighted by molar-refractivity contribution is -0.140. The Morgan fingerprint density at radius 3 is 2.53 bits per heavy atom. The highest BCUT2D eigenvalue weighted by atomic mass is 35.5. The Bertz CT molecular complexity index is 559. The molecule has 0 saturated heterocycles. The third-order valence-electron chi connectivity index (χ3n) is 3.56. The summed E-state index contributed by atoms with van der Waals surface area (Å²) in [4.78, 5) is 23.0. The lowest BCUT2D eigenvalue weighted by Gasteiger charge is -2.08. The van der Waals surface area contributed by atoms with Gasteiger partial charge in [-0.25, -0.2) is 4.39 Å². The Morgan fingerprint density at radius 1 is 1.37 bits per heavy atom. The lowest BCUT2D eigenvalue weighted by Crippen LogP contribution is -2.18. The fourth-order valence-corrected chi connectivity index (χ4v) is 2.56. The van der Waals surface area contributed by atoms with E-state index in [1.54, 1.807) is 13.8 Å². The van der Waals surface area contributed by atoms with E-state index in [1.165, 1.54) is 12.1 Å². The third kappa shape index (κ3) is 2.42. The Hall–Kier alpha value is -1.62. The lowest BCUT2D eigenvalue weighted by atomic mass is 10.1. The molecule has 0 radical (unpaired) electrons. The molecule has 102 valence electrons. The number of halogens is 2. The number of benzene rings is 1. The second-order valence-electron chi connectivity index (χ2n) is 5.23. The van der Waals surface area contributed by atoms with E-state index in [1.807, 2.05) is 0 Å². The molecule has 0 aliphatic heterocycles. The van der Waals surface area contributed by atoms with E-state index in [0.29, 0.717) is 0 Å². The van der Waals surface area contributed by atoms with Crippen LogP contribution in [0.15, 0.2) is 18.2 Å². The Labute approximate surface area is 114 Å². The van der Waals surface area contributed by atoms with E-state index in [2.05, 4.69) is 5.32 Å². The van der Waals surface area contributed by atoms with Crippen molar-refractivity contribution in [3.8, 4) is 0 Å². The first kappa shape index (κ1) is 13.8. The first-order valence-electron chi connectivity index (χ1n) is 5.74. The molecule has 1 aromatic carbocycles. The fraction of sp³-hybridized carbons (Fsp3) is 0.385. The summed E-state index contributed by atoms with van der Waals surface area (Å²) in [6.45, 7) is 3.42. The van der Waals surface area contributed by atoms with Gasteiger partial charge in [0, 0.05) is 0 Å². The van der Waals surface area contributed by atoms with Gasteiger partial charge in [0.25, 0.3) is 0 Å². The predicted molar refractivity (Wildman–Crippen MR) is 68.4 cm³/mol. The average molecular weight is 286 g/mol. The summed E-state index contributed by atoms with van der Waals surface area (Å²) in [5, 5.41) is 11.7. The van der Waals surface area contributed by atoms with Gasteiger partial charge < -0.3 is 10.4 Å². The number of anilines is 1. The number of carboxylic acids is 1. The van der Waals surface area contributed by atoms with Gasteiger partial charge in [0.05, 0.1) is 22.5 Å². The molecule has 0 aromatic heterocycles. The minimum Gasteiger partial charge on any atom is -0.481 e. The summed E-state index contributed by atoms with van der Waals surface area (Å²) < 4.78 is 13.1. The quantitative estimate of drug-likeness (QED) is 0.897. The van der Waals surface area contributed by atoms with E-state index < -0.39 is 34.9 Å². The third-order valence-corrected chi connectivity index (χ3v) is 3.89. The van der Waals surface area contributed by atoms with Crippen molar-refractivity contribution in [3.63, 3.8) is 0 Å². The number of carbonyl (C=O) groups excluding carboxylic acids is 1. The predicted octanol–water partition coefficient (Wildman–Crippen LogP) is 2.77. The molecule has 1 aliphatic rings. The van der Waals surface area contributed by atoms with Crippen LogP contribution in [0.2, 0.25) is 5.02 Å². The molecule has 1 fully saturated rings. The summed E-state index contributed by atoms with van der Waals surface area (Å²) in [7, 11) is 0. The Balaban J connectivity index is 2.15. The van der Waals surface area contributed by atoms with Crippen LogP contribution in [0.4, 0.5) is 10.1 Å². The van der Waals surface area contributed by atoms with E-state index >= 15 is 0 Å². The van der Waals surface area contributed by atoms with Crippen LogP contribution in [0.3, 0.4) is 0 Å². The van der Waals surface area contributed by atoms with Crippen LogP contribution in [0.5, 0.6) is 0 Å². The van der Waals surface area contributed by atoms with Crippen LogP contribution in [0.25, 0.3) is 0 Å². The molecular formula is C13H13ClFNO3. The van der Waals surface area contributed by atoms with Crippen LogP contribution >= 0.6 is 11.6 Å². The maximum atomic E-state index is 13.1. The molecule has 0 bridgehead atoms. The van der Waals surface area contributed by atoms with Crippen molar-refractivity contribution >= 4 is 29.2 Å². The smallest absolute Gasteiger partial charge is 0.307 e. The van der Waals surface area contributed by atoms with Gasteiger partial charge in [0.1, 0.15) is 5.82 Å². The second kappa shape index (κ2) is 4.49. The van der Waals surface area contributed by atoms with E-state index in [9.17, 15) is 14.0 Å². The monoisotopic (exact) mass is 285 g/mol. The van der Waals surface area contributed by atoms with Gasteiger partial charge in [-0.05, 0) is 23.6 Å². The van der Waals surface area contributed by atoms with Crippen molar-refractivity contribution in [2.75, 3.05) is 5.32 Å². The van der Waals surface area contributed by atoms with Gasteiger partial charge in [0.15, 0.2) is 0 Å². The molecule has 2 atom stereocenters. The molecule has 1 aromatic rings. The molecule has 2 rings (SSSR count). The van der Waals surface area contributed by atoms with E-state index in [-0.39, 0.29) is 10.7 Å². The molecule has 6 heteroatoms. The van der Waals surface area contributed by atoms with Crippen molar-refractivity contribution in [1.82, 2.24) is 0 Å². The standard InChI is InChI=1S/C13H13ClFNO3/c1-13(2)9(10(13)12(18)19)11(17)16-8-5-6(15)3-4-7(8)14/h3-5,9-10H,1-2H3,(H,16,17)(H,18,19). The first-order chi connectivity index (χ1) is 8.75. The molecule has 1 saturated carbocycles. The van der Waals surface area contributed by atoms with Crippen LogP contribution in [0, 0.1) is 23.1 Å². The highest BCUT2D eigenvalue weighted by Crippen LogP contribution is 2.58. The van der Waals surface area contributed by atoms with E-state index in [0.717, 1.165) is 6.07 Å². The Kier molecular flexibility index (Phi) is 3.26. The van der Waals surface area contributed by atoms with Crippen LogP contribution in [-0.2, 0) is 9.59 Å². The average Bonchev–Trinajstić information content (AvgIpc) is 2.87. The number of hydrogen-bond acceptors (Lipinski definition) is 2. The van der Waals surface area contributed by atoms with Gasteiger partial charge in [-0.15, -0.1) is 0 Å². The zero-order chi connectivity index (χ0) is 14.4. The molecule has 19 heavy (non-hydrogen) atoms. The van der Waals surface area contributed by atoms with Crippen molar-refractivity contribution in [2.24, 2.45) is 17.3 Å². The molecule has 0 spiro atoms. The number of carbonyl (C=O) groups is 2. The maximum absolute atomic E-state index is 13.1. The second-order valence-corrected chi connectivity index (χ2v) is 5.64. The largest absolute Gasteiger partial charge is 0.481 e. The van der Waals surface area contributed by atoms with Crippen molar-refractivity contribution < 1.29 is 19.1 Å². The SMILES string of the molecule is CC1(C)C(C(=O)O)C1C(=O)Nc1cc(F)ccc1Cl. The molecular weight excluding hydrogens is 273 g/mol. The minimum absolute atomic E-state index is 0.151. The highest BCUT2D eigenvalue weighted by molar-refractivity contribution is 6.33. The molecule has 2 N–H and O–H groups in total. The molecule has 1 aliphatic carbocycles. The fourth-order valence-electron chi connectivity index (χ4n) is 2.39. The van der Waals surface area contributed by atoms with Gasteiger partial charge in [-0.2, -0.15) is 0 Å². The zero-order valence-corrected chi connectivity index (χ0v) is 11.2. The highest BCUT2D eigenvalue weighted by Gasteiger charge is 2.65. The number of carboxylic acid groups (broad SMARTS) is 1. The van der Waals surface area contributed by atoms with Crippen LogP contribution in [0.1, 0.15) is 13.8 Å². The van der Waals surface area contributed by atoms with E-state index in [4.69, 9.17) is 16.7 Å². The summed E-state index contributed by atoms with van der Waals surface area (Å²) >= 11 is 5.84. The summed E-state index contributed by atoms with van der Waals surface area (Å²) in [6.07, 6.45) is 0. The van der Waals surface area contributed by atoms with Gasteiger partial charge in [-0.3, -0.25) is 9.59 Å².